The number of pyridine rings is 1. The molecule has 6 heteroatoms. The summed E-state index contributed by atoms with van der Waals surface area (Å²) in [4.78, 5) is 21.4. The number of carbonyl (C=O) groups excluding carboxylic acids is 1. The third kappa shape index (κ3) is 4.88. The first kappa shape index (κ1) is 19.7. The van der Waals surface area contributed by atoms with Crippen LogP contribution >= 0.6 is 0 Å². The highest BCUT2D eigenvalue weighted by Crippen LogP contribution is 2.32. The molecule has 0 radical (unpaired) electrons. The molecular weight excluding hydrogens is 366 g/mol. The van der Waals surface area contributed by atoms with Crippen molar-refractivity contribution < 1.29 is 14.3 Å². The molecule has 1 aromatic heterocycles. The zero-order chi connectivity index (χ0) is 20.2. The Hall–Kier alpha value is -2.60. The topological polar surface area (TPSA) is 54.9 Å². The van der Waals surface area contributed by atoms with Crippen LogP contribution in [0.2, 0.25) is 0 Å². The zero-order valence-electron chi connectivity index (χ0n) is 17.2. The first-order valence-electron chi connectivity index (χ1n) is 10.3. The molecule has 1 aliphatic heterocycles. The van der Waals surface area contributed by atoms with Crippen LogP contribution in [-0.4, -0.2) is 60.6 Å². The van der Waals surface area contributed by atoms with Crippen LogP contribution in [-0.2, 0) is 17.8 Å². The van der Waals surface area contributed by atoms with E-state index in [0.29, 0.717) is 24.0 Å². The number of rotatable bonds is 9. The lowest BCUT2D eigenvalue weighted by atomic mass is 10.0. The molecule has 1 aromatic carbocycles. The predicted molar refractivity (Wildman–Crippen MR) is 111 cm³/mol. The van der Waals surface area contributed by atoms with Crippen molar-refractivity contribution in [2.24, 2.45) is 5.92 Å². The number of hydrogen-bond acceptors (Lipinski definition) is 5. The van der Waals surface area contributed by atoms with Gasteiger partial charge in [-0.05, 0) is 54.2 Å². The standard InChI is InChI=1S/C23H29N3O3/c1-28-21-6-5-19(11-22(21)29-2)12-23(27)26-15-20(16-26)25(13-17-3-4-17)14-18-7-9-24-10-8-18/h5-11,17,20H,3-4,12-16H2,1-2H3. The monoisotopic (exact) mass is 395 g/mol. The highest BCUT2D eigenvalue weighted by molar-refractivity contribution is 5.80. The summed E-state index contributed by atoms with van der Waals surface area (Å²) in [5.41, 5.74) is 2.23. The van der Waals surface area contributed by atoms with Gasteiger partial charge in [0.1, 0.15) is 0 Å². The largest absolute Gasteiger partial charge is 0.493 e. The summed E-state index contributed by atoms with van der Waals surface area (Å²) in [6.07, 6.45) is 6.76. The molecule has 2 fully saturated rings. The Labute approximate surface area is 172 Å². The lowest BCUT2D eigenvalue weighted by Crippen LogP contribution is -2.61. The zero-order valence-corrected chi connectivity index (χ0v) is 17.2. The highest BCUT2D eigenvalue weighted by Gasteiger charge is 2.37. The van der Waals surface area contributed by atoms with Gasteiger partial charge in [-0.2, -0.15) is 0 Å². The molecular formula is C23H29N3O3. The van der Waals surface area contributed by atoms with Gasteiger partial charge in [-0.25, -0.2) is 0 Å². The Morgan fingerprint density at radius 2 is 1.79 bits per heavy atom. The quantitative estimate of drug-likeness (QED) is 0.654. The smallest absolute Gasteiger partial charge is 0.227 e. The summed E-state index contributed by atoms with van der Waals surface area (Å²) in [6.45, 7) is 3.68. The number of nitrogens with zero attached hydrogens (tertiary/aromatic N) is 3. The molecule has 29 heavy (non-hydrogen) atoms. The van der Waals surface area contributed by atoms with Crippen LogP contribution in [0.25, 0.3) is 0 Å². The minimum absolute atomic E-state index is 0.170. The second-order valence-electron chi connectivity index (χ2n) is 8.05. The van der Waals surface area contributed by atoms with Crippen LogP contribution in [0.5, 0.6) is 11.5 Å². The number of benzene rings is 1. The summed E-state index contributed by atoms with van der Waals surface area (Å²) in [6, 6.07) is 10.3. The van der Waals surface area contributed by atoms with Gasteiger partial charge in [-0.1, -0.05) is 6.07 Å². The van der Waals surface area contributed by atoms with E-state index in [4.69, 9.17) is 9.47 Å². The van der Waals surface area contributed by atoms with Crippen LogP contribution < -0.4 is 9.47 Å². The van der Waals surface area contributed by atoms with Crippen molar-refractivity contribution in [3.63, 3.8) is 0 Å². The van der Waals surface area contributed by atoms with E-state index in [2.05, 4.69) is 22.0 Å². The van der Waals surface area contributed by atoms with E-state index in [1.165, 1.54) is 18.4 Å². The fourth-order valence-corrected chi connectivity index (χ4v) is 3.86. The minimum atomic E-state index is 0.170. The van der Waals surface area contributed by atoms with Crippen molar-refractivity contribution in [2.45, 2.75) is 31.8 Å². The molecule has 0 N–H and O–H groups in total. The molecule has 6 nitrogen and oxygen atoms in total. The molecule has 2 aliphatic rings. The Morgan fingerprint density at radius 1 is 1.07 bits per heavy atom. The predicted octanol–water partition coefficient (Wildman–Crippen LogP) is 2.76. The van der Waals surface area contributed by atoms with Crippen molar-refractivity contribution in [3.8, 4) is 11.5 Å². The third-order valence-electron chi connectivity index (χ3n) is 5.86. The number of hydrogen-bond donors (Lipinski definition) is 0. The summed E-state index contributed by atoms with van der Waals surface area (Å²) >= 11 is 0. The van der Waals surface area contributed by atoms with Crippen molar-refractivity contribution >= 4 is 5.91 Å². The van der Waals surface area contributed by atoms with Crippen LogP contribution in [0.3, 0.4) is 0 Å². The van der Waals surface area contributed by atoms with Gasteiger partial charge in [0.25, 0.3) is 0 Å². The lowest BCUT2D eigenvalue weighted by Gasteiger charge is -2.45. The number of methoxy groups -OCH3 is 2. The van der Waals surface area contributed by atoms with Gasteiger partial charge in [0.15, 0.2) is 11.5 Å². The first-order valence-corrected chi connectivity index (χ1v) is 10.3. The van der Waals surface area contributed by atoms with Crippen molar-refractivity contribution in [1.29, 1.82) is 0 Å². The van der Waals surface area contributed by atoms with Gasteiger partial charge in [0.2, 0.25) is 5.91 Å². The molecule has 2 aromatic rings. The van der Waals surface area contributed by atoms with Gasteiger partial charge >= 0.3 is 0 Å². The van der Waals surface area contributed by atoms with E-state index >= 15 is 0 Å². The van der Waals surface area contributed by atoms with E-state index in [9.17, 15) is 4.79 Å². The third-order valence-corrected chi connectivity index (χ3v) is 5.86. The molecule has 1 aliphatic carbocycles. The summed E-state index contributed by atoms with van der Waals surface area (Å²) in [7, 11) is 3.23. The van der Waals surface area contributed by atoms with Gasteiger partial charge in [-0.15, -0.1) is 0 Å². The molecule has 1 saturated carbocycles. The number of aromatic nitrogens is 1. The summed E-state index contributed by atoms with van der Waals surface area (Å²) in [5.74, 6) is 2.34. The Bertz CT molecular complexity index is 833. The molecule has 0 spiro atoms. The Kier molecular flexibility index (Phi) is 6.00. The maximum absolute atomic E-state index is 12.7. The van der Waals surface area contributed by atoms with Crippen molar-refractivity contribution in [3.05, 3.63) is 53.9 Å². The van der Waals surface area contributed by atoms with Crippen LogP contribution in [0.15, 0.2) is 42.7 Å². The molecule has 1 saturated heterocycles. The minimum Gasteiger partial charge on any atom is -0.493 e. The van der Waals surface area contributed by atoms with Crippen LogP contribution in [0, 0.1) is 5.92 Å². The van der Waals surface area contributed by atoms with Gasteiger partial charge in [-0.3, -0.25) is 14.7 Å². The van der Waals surface area contributed by atoms with E-state index in [0.717, 1.165) is 37.7 Å². The van der Waals surface area contributed by atoms with Crippen LogP contribution in [0.4, 0.5) is 0 Å². The molecule has 1 amide bonds. The van der Waals surface area contributed by atoms with Gasteiger partial charge in [0.05, 0.1) is 20.6 Å². The Morgan fingerprint density at radius 3 is 2.45 bits per heavy atom. The molecule has 4 rings (SSSR count). The molecule has 0 bridgehead atoms. The number of ether oxygens (including phenoxy) is 2. The Balaban J connectivity index is 1.33. The van der Waals surface area contributed by atoms with E-state index in [-0.39, 0.29) is 5.91 Å². The van der Waals surface area contributed by atoms with Gasteiger partial charge in [0, 0.05) is 44.6 Å². The van der Waals surface area contributed by atoms with Crippen molar-refractivity contribution in [1.82, 2.24) is 14.8 Å². The molecule has 154 valence electrons. The maximum Gasteiger partial charge on any atom is 0.227 e. The van der Waals surface area contributed by atoms with E-state index in [1.54, 1.807) is 14.2 Å². The average Bonchev–Trinajstić information content (AvgIpc) is 3.51. The average molecular weight is 396 g/mol. The summed E-state index contributed by atoms with van der Waals surface area (Å²) in [5, 5.41) is 0. The fraction of sp³-hybridized carbons (Fsp3) is 0.478. The fourth-order valence-electron chi connectivity index (χ4n) is 3.86. The van der Waals surface area contributed by atoms with Crippen molar-refractivity contribution in [2.75, 3.05) is 33.9 Å². The number of carbonyl (C=O) groups is 1. The van der Waals surface area contributed by atoms with E-state index in [1.807, 2.05) is 35.5 Å². The molecule has 0 atom stereocenters. The first-order chi connectivity index (χ1) is 14.2. The van der Waals surface area contributed by atoms with Crippen LogP contribution in [0.1, 0.15) is 24.0 Å². The normalized spacial score (nSPS) is 16.6. The number of likely N-dealkylation sites (tertiary alicyclic amines) is 1. The molecule has 2 heterocycles. The highest BCUT2D eigenvalue weighted by atomic mass is 16.5. The SMILES string of the molecule is COc1ccc(CC(=O)N2CC(N(Cc3ccncc3)CC3CC3)C2)cc1OC. The second-order valence-corrected chi connectivity index (χ2v) is 8.05. The summed E-state index contributed by atoms with van der Waals surface area (Å²) < 4.78 is 10.6. The maximum atomic E-state index is 12.7. The molecule has 0 unspecified atom stereocenters. The van der Waals surface area contributed by atoms with Gasteiger partial charge < -0.3 is 14.4 Å². The number of amides is 1. The lowest BCUT2D eigenvalue weighted by molar-refractivity contribution is -0.138. The second kappa shape index (κ2) is 8.82. The van der Waals surface area contributed by atoms with E-state index < -0.39 is 0 Å².